The lowest BCUT2D eigenvalue weighted by atomic mass is 10.1. The van der Waals surface area contributed by atoms with Gasteiger partial charge in [0, 0.05) is 10.6 Å². The molecule has 0 aliphatic heterocycles. The van der Waals surface area contributed by atoms with Crippen LogP contribution < -0.4 is 19.1 Å². The maximum atomic E-state index is 13.5. The summed E-state index contributed by atoms with van der Waals surface area (Å²) < 4.78 is 38.4. The van der Waals surface area contributed by atoms with Gasteiger partial charge in [-0.2, -0.15) is 0 Å². The smallest absolute Gasteiger partial charge is 0.264 e. The van der Waals surface area contributed by atoms with Gasteiger partial charge in [-0.05, 0) is 61.5 Å². The third-order valence-electron chi connectivity index (χ3n) is 5.03. The average molecular weight is 489 g/mol. The number of amides is 1. The van der Waals surface area contributed by atoms with E-state index in [9.17, 15) is 13.2 Å². The van der Waals surface area contributed by atoms with E-state index in [0.717, 1.165) is 9.87 Å². The fourth-order valence-electron chi connectivity index (χ4n) is 3.32. The van der Waals surface area contributed by atoms with Gasteiger partial charge in [0.2, 0.25) is 5.91 Å². The van der Waals surface area contributed by atoms with Crippen molar-refractivity contribution in [2.75, 3.05) is 25.1 Å². The van der Waals surface area contributed by atoms with E-state index in [1.807, 2.05) is 18.2 Å². The highest BCUT2D eigenvalue weighted by Crippen LogP contribution is 2.27. The highest BCUT2D eigenvalue weighted by molar-refractivity contribution is 7.92. The molecule has 3 aromatic rings. The first-order valence-corrected chi connectivity index (χ1v) is 11.9. The summed E-state index contributed by atoms with van der Waals surface area (Å²) >= 11 is 5.98. The van der Waals surface area contributed by atoms with Crippen LogP contribution in [0.1, 0.15) is 18.5 Å². The molecule has 0 aromatic heterocycles. The molecule has 0 aliphatic rings. The Morgan fingerprint density at radius 2 is 1.61 bits per heavy atom. The van der Waals surface area contributed by atoms with Crippen molar-refractivity contribution in [1.29, 1.82) is 0 Å². The molecule has 0 radical (unpaired) electrons. The average Bonchev–Trinajstić information content (AvgIpc) is 2.83. The lowest BCUT2D eigenvalue weighted by molar-refractivity contribution is -0.120. The quantitative estimate of drug-likeness (QED) is 0.481. The molecule has 3 aromatic carbocycles. The van der Waals surface area contributed by atoms with Gasteiger partial charge in [0.25, 0.3) is 10.0 Å². The molecule has 0 saturated heterocycles. The maximum Gasteiger partial charge on any atom is 0.264 e. The van der Waals surface area contributed by atoms with Gasteiger partial charge in [0.05, 0.1) is 30.8 Å². The Hall–Kier alpha value is -3.23. The van der Waals surface area contributed by atoms with Crippen LogP contribution >= 0.6 is 11.6 Å². The number of carbonyl (C=O) groups excluding carboxylic acids is 1. The molecule has 1 N–H and O–H groups in total. The third-order valence-corrected chi connectivity index (χ3v) is 7.07. The Labute approximate surface area is 198 Å². The summed E-state index contributed by atoms with van der Waals surface area (Å²) in [6.45, 7) is 1.38. The van der Waals surface area contributed by atoms with Crippen LogP contribution in [0.15, 0.2) is 77.7 Å². The van der Waals surface area contributed by atoms with E-state index in [-0.39, 0.29) is 4.90 Å². The monoisotopic (exact) mass is 488 g/mol. The highest BCUT2D eigenvalue weighted by Gasteiger charge is 2.28. The Balaban J connectivity index is 1.89. The molecule has 33 heavy (non-hydrogen) atoms. The van der Waals surface area contributed by atoms with Crippen molar-refractivity contribution >= 4 is 33.2 Å². The number of halogens is 1. The van der Waals surface area contributed by atoms with E-state index in [4.69, 9.17) is 21.1 Å². The minimum absolute atomic E-state index is 0.0313. The number of sulfonamides is 1. The molecule has 1 atom stereocenters. The van der Waals surface area contributed by atoms with Crippen LogP contribution in [0.4, 0.5) is 5.69 Å². The zero-order chi connectivity index (χ0) is 24.0. The first kappa shape index (κ1) is 24.4. The van der Waals surface area contributed by atoms with Crippen LogP contribution in [0, 0.1) is 0 Å². The molecule has 3 rings (SSSR count). The second-order valence-corrected chi connectivity index (χ2v) is 9.49. The number of anilines is 1. The molecule has 0 heterocycles. The van der Waals surface area contributed by atoms with Crippen molar-refractivity contribution in [3.05, 3.63) is 83.4 Å². The van der Waals surface area contributed by atoms with E-state index in [1.165, 1.54) is 19.2 Å². The van der Waals surface area contributed by atoms with Crippen LogP contribution in [0.5, 0.6) is 11.5 Å². The molecular weight excluding hydrogens is 464 g/mol. The summed E-state index contributed by atoms with van der Waals surface area (Å²) in [5, 5.41) is 3.31. The Morgan fingerprint density at radius 1 is 0.970 bits per heavy atom. The lowest BCUT2D eigenvalue weighted by Crippen LogP contribution is -2.41. The SMILES string of the molecule is COc1ccc(S(=O)(=O)N(CC(=O)NC(C)c2ccccc2OC)c2ccc(Cl)cc2)cc1. The van der Waals surface area contributed by atoms with Crippen molar-refractivity contribution in [1.82, 2.24) is 5.32 Å². The number of ether oxygens (including phenoxy) is 2. The summed E-state index contributed by atoms with van der Waals surface area (Å²) in [4.78, 5) is 13.0. The number of hydrogen-bond acceptors (Lipinski definition) is 5. The van der Waals surface area contributed by atoms with Gasteiger partial charge in [-0.1, -0.05) is 29.8 Å². The molecule has 7 nitrogen and oxygen atoms in total. The maximum absolute atomic E-state index is 13.5. The number of rotatable bonds is 9. The molecule has 0 fully saturated rings. The van der Waals surface area contributed by atoms with Crippen molar-refractivity contribution in [3.8, 4) is 11.5 Å². The number of nitrogens with zero attached hydrogens (tertiary/aromatic N) is 1. The fourth-order valence-corrected chi connectivity index (χ4v) is 4.86. The minimum atomic E-state index is -4.05. The predicted molar refractivity (Wildman–Crippen MR) is 129 cm³/mol. The standard InChI is InChI=1S/C24H25ClN2O5S/c1-17(22-6-4-5-7-23(22)32-3)26-24(28)16-27(19-10-8-18(25)9-11-19)33(29,30)21-14-12-20(31-2)13-15-21/h4-15,17H,16H2,1-3H3,(H,26,28). The topological polar surface area (TPSA) is 84.9 Å². The first-order valence-electron chi connectivity index (χ1n) is 10.1. The van der Waals surface area contributed by atoms with Gasteiger partial charge in [0.1, 0.15) is 18.0 Å². The summed E-state index contributed by atoms with van der Waals surface area (Å²) in [5.74, 6) is 0.682. The second kappa shape index (κ2) is 10.6. The minimum Gasteiger partial charge on any atom is -0.497 e. The summed E-state index contributed by atoms with van der Waals surface area (Å²) in [7, 11) is -1.00. The van der Waals surface area contributed by atoms with Gasteiger partial charge in [0.15, 0.2) is 0 Å². The van der Waals surface area contributed by atoms with Crippen LogP contribution in [0.2, 0.25) is 5.02 Å². The number of para-hydroxylation sites is 1. The van der Waals surface area contributed by atoms with Gasteiger partial charge < -0.3 is 14.8 Å². The fraction of sp³-hybridized carbons (Fsp3) is 0.208. The first-order chi connectivity index (χ1) is 15.8. The van der Waals surface area contributed by atoms with Crippen molar-refractivity contribution in [2.45, 2.75) is 17.9 Å². The molecule has 1 amide bonds. The second-order valence-electron chi connectivity index (χ2n) is 7.19. The summed E-state index contributed by atoms with van der Waals surface area (Å²) in [6.07, 6.45) is 0. The predicted octanol–water partition coefficient (Wildman–Crippen LogP) is 4.43. The van der Waals surface area contributed by atoms with Gasteiger partial charge in [-0.15, -0.1) is 0 Å². The largest absolute Gasteiger partial charge is 0.497 e. The Kier molecular flexibility index (Phi) is 7.84. The molecule has 1 unspecified atom stereocenters. The lowest BCUT2D eigenvalue weighted by Gasteiger charge is -2.25. The van der Waals surface area contributed by atoms with Crippen molar-refractivity contribution in [2.24, 2.45) is 0 Å². The highest BCUT2D eigenvalue weighted by atomic mass is 35.5. The van der Waals surface area contributed by atoms with Crippen molar-refractivity contribution in [3.63, 3.8) is 0 Å². The van der Waals surface area contributed by atoms with Crippen LogP contribution in [0.3, 0.4) is 0 Å². The van der Waals surface area contributed by atoms with E-state index in [2.05, 4.69) is 5.32 Å². The zero-order valence-electron chi connectivity index (χ0n) is 18.5. The molecular formula is C24H25ClN2O5S. The van der Waals surface area contributed by atoms with E-state index in [1.54, 1.807) is 56.5 Å². The molecule has 0 aliphatic carbocycles. The Bertz CT molecular complexity index is 1200. The number of carbonyl (C=O) groups is 1. The number of benzene rings is 3. The van der Waals surface area contributed by atoms with Gasteiger partial charge in [-0.25, -0.2) is 8.42 Å². The number of methoxy groups -OCH3 is 2. The zero-order valence-corrected chi connectivity index (χ0v) is 20.1. The molecule has 0 bridgehead atoms. The molecule has 0 saturated carbocycles. The normalized spacial score (nSPS) is 12.0. The van der Waals surface area contributed by atoms with Gasteiger partial charge in [-0.3, -0.25) is 9.10 Å². The summed E-state index contributed by atoms with van der Waals surface area (Å²) in [6, 6.07) is 19.2. The van der Waals surface area contributed by atoms with Crippen LogP contribution in [-0.4, -0.2) is 35.1 Å². The number of hydrogen-bond donors (Lipinski definition) is 1. The van der Waals surface area contributed by atoms with E-state index >= 15 is 0 Å². The van der Waals surface area contributed by atoms with E-state index < -0.39 is 28.5 Å². The van der Waals surface area contributed by atoms with Crippen molar-refractivity contribution < 1.29 is 22.7 Å². The number of nitrogens with one attached hydrogen (secondary N) is 1. The molecule has 174 valence electrons. The van der Waals surface area contributed by atoms with Crippen LogP contribution in [-0.2, 0) is 14.8 Å². The Morgan fingerprint density at radius 3 is 2.21 bits per heavy atom. The summed E-state index contributed by atoms with van der Waals surface area (Å²) in [5.41, 5.74) is 1.10. The third kappa shape index (κ3) is 5.77. The van der Waals surface area contributed by atoms with E-state index in [0.29, 0.717) is 22.2 Å². The van der Waals surface area contributed by atoms with Gasteiger partial charge >= 0.3 is 0 Å². The van der Waals surface area contributed by atoms with Crippen LogP contribution in [0.25, 0.3) is 0 Å². The molecule has 0 spiro atoms. The molecule has 9 heteroatoms.